The first-order valence-electron chi connectivity index (χ1n) is 7.74. The van der Waals surface area contributed by atoms with Gasteiger partial charge in [-0.3, -0.25) is 4.79 Å². The van der Waals surface area contributed by atoms with E-state index in [0.29, 0.717) is 22.5 Å². The van der Waals surface area contributed by atoms with Crippen LogP contribution in [-0.2, 0) is 16.1 Å². The number of rotatable bonds is 3. The van der Waals surface area contributed by atoms with Crippen LogP contribution in [0.1, 0.15) is 31.2 Å². The van der Waals surface area contributed by atoms with E-state index in [9.17, 15) is 9.18 Å². The van der Waals surface area contributed by atoms with E-state index in [-0.39, 0.29) is 11.9 Å². The fourth-order valence-corrected chi connectivity index (χ4v) is 3.36. The van der Waals surface area contributed by atoms with Gasteiger partial charge in [0.1, 0.15) is 5.52 Å². The van der Waals surface area contributed by atoms with Crippen molar-refractivity contribution in [2.75, 3.05) is 7.11 Å². The zero-order valence-electron chi connectivity index (χ0n) is 13.0. The maximum absolute atomic E-state index is 13.9. The zero-order valence-corrected chi connectivity index (χ0v) is 13.0. The first-order chi connectivity index (χ1) is 11.1. The highest BCUT2D eigenvalue weighted by Gasteiger charge is 2.27. The minimum Gasteiger partial charge on any atom is -0.469 e. The van der Waals surface area contributed by atoms with Crippen LogP contribution >= 0.6 is 0 Å². The number of nitrogens with zero attached hydrogens (tertiary/aromatic N) is 3. The second kappa shape index (κ2) is 6.37. The number of hydrogen-bond acceptors (Lipinski definition) is 4. The van der Waals surface area contributed by atoms with Crippen molar-refractivity contribution in [1.82, 2.24) is 9.55 Å². The number of imidazole rings is 1. The van der Waals surface area contributed by atoms with E-state index in [1.807, 2.05) is 10.6 Å². The summed E-state index contributed by atoms with van der Waals surface area (Å²) in [7, 11) is 1.42. The van der Waals surface area contributed by atoms with Crippen LogP contribution in [0.5, 0.6) is 0 Å². The molecular weight excluding hydrogens is 297 g/mol. The third-order valence-corrected chi connectivity index (χ3v) is 4.64. The van der Waals surface area contributed by atoms with Gasteiger partial charge in [0, 0.05) is 6.54 Å². The molecule has 5 nitrogen and oxygen atoms in total. The van der Waals surface area contributed by atoms with Gasteiger partial charge in [0.05, 0.1) is 36.5 Å². The molecule has 0 saturated heterocycles. The van der Waals surface area contributed by atoms with E-state index in [0.717, 1.165) is 32.2 Å². The highest BCUT2D eigenvalue weighted by atomic mass is 19.1. The number of hydrogen-bond donors (Lipinski definition) is 0. The van der Waals surface area contributed by atoms with Gasteiger partial charge in [-0.05, 0) is 43.7 Å². The van der Waals surface area contributed by atoms with Crippen LogP contribution < -0.4 is 0 Å². The molecule has 120 valence electrons. The highest BCUT2D eigenvalue weighted by Crippen LogP contribution is 2.31. The second-order valence-electron chi connectivity index (χ2n) is 6.08. The van der Waals surface area contributed by atoms with Gasteiger partial charge in [-0.25, -0.2) is 9.37 Å². The third-order valence-electron chi connectivity index (χ3n) is 4.64. The molecule has 1 aromatic carbocycles. The molecule has 0 aliphatic heterocycles. The number of nitriles is 1. The highest BCUT2D eigenvalue weighted by molar-refractivity contribution is 5.77. The Balaban J connectivity index is 1.74. The molecule has 1 heterocycles. The lowest BCUT2D eigenvalue weighted by molar-refractivity contribution is -0.146. The lowest BCUT2D eigenvalue weighted by atomic mass is 9.82. The molecule has 2 aromatic rings. The van der Waals surface area contributed by atoms with Crippen molar-refractivity contribution >= 4 is 17.0 Å². The Morgan fingerprint density at radius 2 is 2.17 bits per heavy atom. The molecule has 0 bridgehead atoms. The molecule has 0 unspecified atom stereocenters. The summed E-state index contributed by atoms with van der Waals surface area (Å²) < 4.78 is 20.6. The molecule has 3 rings (SSSR count). The normalized spacial score (nSPS) is 21.1. The molecule has 0 N–H and O–H groups in total. The number of esters is 1. The van der Waals surface area contributed by atoms with Crippen molar-refractivity contribution in [2.45, 2.75) is 32.2 Å². The number of methoxy groups -OCH3 is 1. The maximum atomic E-state index is 13.9. The monoisotopic (exact) mass is 315 g/mol. The second-order valence-corrected chi connectivity index (χ2v) is 6.08. The number of aromatic nitrogens is 2. The average Bonchev–Trinajstić information content (AvgIpc) is 2.98. The molecule has 1 aliphatic carbocycles. The van der Waals surface area contributed by atoms with Crippen LogP contribution in [0.15, 0.2) is 18.5 Å². The van der Waals surface area contributed by atoms with E-state index < -0.39 is 5.82 Å². The van der Waals surface area contributed by atoms with Gasteiger partial charge in [0.15, 0.2) is 5.82 Å². The molecular formula is C17H18FN3O2. The standard InChI is InChI=1S/C17H18FN3O2/c1-23-17(22)13-4-2-11(3-5-13)9-21-10-20-16-14(18)6-12(8-19)7-15(16)21/h6-7,10-11,13H,2-5,9H2,1H3/t11-,13-. The molecule has 0 radical (unpaired) electrons. The summed E-state index contributed by atoms with van der Waals surface area (Å²) in [6.07, 6.45) is 5.13. The van der Waals surface area contributed by atoms with Crippen LogP contribution in [-0.4, -0.2) is 22.6 Å². The Hall–Kier alpha value is -2.42. The van der Waals surface area contributed by atoms with E-state index in [1.54, 1.807) is 12.4 Å². The molecule has 1 saturated carbocycles. The summed E-state index contributed by atoms with van der Waals surface area (Å²) in [6, 6.07) is 4.85. The van der Waals surface area contributed by atoms with Gasteiger partial charge in [0.2, 0.25) is 0 Å². The largest absolute Gasteiger partial charge is 0.469 e. The van der Waals surface area contributed by atoms with E-state index in [4.69, 9.17) is 10.00 Å². The van der Waals surface area contributed by atoms with Crippen molar-refractivity contribution in [2.24, 2.45) is 11.8 Å². The van der Waals surface area contributed by atoms with Crippen LogP contribution in [0.4, 0.5) is 4.39 Å². The molecule has 1 aromatic heterocycles. The zero-order chi connectivity index (χ0) is 16.4. The van der Waals surface area contributed by atoms with Crippen LogP contribution in [0.25, 0.3) is 11.0 Å². The smallest absolute Gasteiger partial charge is 0.308 e. The predicted octanol–water partition coefficient (Wildman–Crippen LogP) is 3.03. The molecule has 0 atom stereocenters. The molecule has 23 heavy (non-hydrogen) atoms. The number of ether oxygens (including phenoxy) is 1. The van der Waals surface area contributed by atoms with E-state index >= 15 is 0 Å². The van der Waals surface area contributed by atoms with Crippen molar-refractivity contribution in [3.8, 4) is 6.07 Å². The minimum absolute atomic E-state index is 0.00147. The quantitative estimate of drug-likeness (QED) is 0.817. The minimum atomic E-state index is -0.466. The fourth-order valence-electron chi connectivity index (χ4n) is 3.36. The lowest BCUT2D eigenvalue weighted by Crippen LogP contribution is -2.24. The van der Waals surface area contributed by atoms with Gasteiger partial charge in [0.25, 0.3) is 0 Å². The van der Waals surface area contributed by atoms with Crippen molar-refractivity contribution < 1.29 is 13.9 Å². The first-order valence-corrected chi connectivity index (χ1v) is 7.74. The molecule has 1 aliphatic rings. The number of carbonyl (C=O) groups is 1. The van der Waals surface area contributed by atoms with Gasteiger partial charge in [-0.2, -0.15) is 5.26 Å². The van der Waals surface area contributed by atoms with E-state index in [2.05, 4.69) is 4.98 Å². The molecule has 0 spiro atoms. The number of fused-ring (bicyclic) bond motifs is 1. The first kappa shape index (κ1) is 15.5. The predicted molar refractivity (Wildman–Crippen MR) is 81.9 cm³/mol. The third kappa shape index (κ3) is 3.04. The molecule has 6 heteroatoms. The van der Waals surface area contributed by atoms with Crippen molar-refractivity contribution in [3.63, 3.8) is 0 Å². The number of carbonyl (C=O) groups excluding carboxylic acids is 1. The summed E-state index contributed by atoms with van der Waals surface area (Å²) >= 11 is 0. The number of halogens is 1. The van der Waals surface area contributed by atoms with Gasteiger partial charge < -0.3 is 9.30 Å². The summed E-state index contributed by atoms with van der Waals surface area (Å²) in [6.45, 7) is 0.721. The SMILES string of the molecule is COC(=O)[C@H]1CC[C@H](Cn2cnc3c(F)cc(C#N)cc32)CC1. The van der Waals surface area contributed by atoms with Crippen molar-refractivity contribution in [1.29, 1.82) is 5.26 Å². The number of benzene rings is 1. The van der Waals surface area contributed by atoms with E-state index in [1.165, 1.54) is 13.2 Å². The van der Waals surface area contributed by atoms with Gasteiger partial charge in [-0.1, -0.05) is 0 Å². The Morgan fingerprint density at radius 1 is 1.43 bits per heavy atom. The fraction of sp³-hybridized carbons (Fsp3) is 0.471. The lowest BCUT2D eigenvalue weighted by Gasteiger charge is -2.27. The average molecular weight is 315 g/mol. The summed E-state index contributed by atoms with van der Waals surface area (Å²) in [5.41, 5.74) is 1.25. The topological polar surface area (TPSA) is 67.9 Å². The van der Waals surface area contributed by atoms with Crippen LogP contribution in [0, 0.1) is 29.0 Å². The summed E-state index contributed by atoms with van der Waals surface area (Å²) in [5.74, 6) is -0.176. The van der Waals surface area contributed by atoms with Crippen LogP contribution in [0.2, 0.25) is 0 Å². The Bertz CT molecular complexity index is 770. The van der Waals surface area contributed by atoms with Crippen molar-refractivity contribution in [3.05, 3.63) is 29.8 Å². The summed E-state index contributed by atoms with van der Waals surface area (Å²) in [5, 5.41) is 8.99. The van der Waals surface area contributed by atoms with Gasteiger partial charge in [-0.15, -0.1) is 0 Å². The molecule has 0 amide bonds. The Morgan fingerprint density at radius 3 is 2.83 bits per heavy atom. The summed E-state index contributed by atoms with van der Waals surface area (Å²) in [4.78, 5) is 15.7. The molecule has 1 fully saturated rings. The van der Waals surface area contributed by atoms with Gasteiger partial charge >= 0.3 is 5.97 Å². The Labute approximate surface area is 133 Å². The Kier molecular flexibility index (Phi) is 4.28. The van der Waals surface area contributed by atoms with Crippen LogP contribution in [0.3, 0.4) is 0 Å². The maximum Gasteiger partial charge on any atom is 0.308 e.